The average molecular weight is 247 g/mol. The van der Waals surface area contributed by atoms with E-state index in [-0.39, 0.29) is 0 Å². The highest BCUT2D eigenvalue weighted by atomic mass is 35.5. The van der Waals surface area contributed by atoms with Crippen molar-refractivity contribution in [2.75, 3.05) is 0 Å². The van der Waals surface area contributed by atoms with Crippen LogP contribution < -0.4 is 0 Å². The fourth-order valence-electron chi connectivity index (χ4n) is 1.92. The van der Waals surface area contributed by atoms with E-state index >= 15 is 0 Å². The van der Waals surface area contributed by atoms with Crippen molar-refractivity contribution in [3.63, 3.8) is 0 Å². The normalized spacial score (nSPS) is 12.4. The zero-order valence-electron chi connectivity index (χ0n) is 9.73. The van der Waals surface area contributed by atoms with Crippen molar-refractivity contribution in [2.45, 2.75) is 19.4 Å². The van der Waals surface area contributed by atoms with Crippen LogP contribution in [0.2, 0.25) is 5.02 Å². The van der Waals surface area contributed by atoms with Crippen molar-refractivity contribution in [1.82, 2.24) is 0 Å². The Balaban J connectivity index is 2.17. The molecule has 1 unspecified atom stereocenters. The summed E-state index contributed by atoms with van der Waals surface area (Å²) >= 11 is 6.06. The second-order valence-corrected chi connectivity index (χ2v) is 4.64. The summed E-state index contributed by atoms with van der Waals surface area (Å²) in [5.41, 5.74) is 3.11. The molecule has 0 aromatic heterocycles. The molecule has 2 aromatic carbocycles. The molecule has 0 aliphatic heterocycles. The zero-order chi connectivity index (χ0) is 12.3. The van der Waals surface area contributed by atoms with Crippen LogP contribution in [0, 0.1) is 6.92 Å². The number of hydrogen-bond acceptors (Lipinski definition) is 1. The van der Waals surface area contributed by atoms with Gasteiger partial charge in [0.25, 0.3) is 0 Å². The fourth-order valence-corrected chi connectivity index (χ4v) is 2.18. The molecule has 2 rings (SSSR count). The summed E-state index contributed by atoms with van der Waals surface area (Å²) in [6, 6.07) is 15.6. The molecule has 0 saturated carbocycles. The van der Waals surface area contributed by atoms with E-state index in [4.69, 9.17) is 11.6 Å². The first-order valence-electron chi connectivity index (χ1n) is 5.65. The predicted molar refractivity (Wildman–Crippen MR) is 71.3 cm³/mol. The fraction of sp³-hybridized carbons (Fsp3) is 0.200. The maximum absolute atomic E-state index is 10.2. The molecule has 0 saturated heterocycles. The number of halogens is 1. The minimum atomic E-state index is -0.550. The molecule has 1 atom stereocenters. The van der Waals surface area contributed by atoms with Crippen LogP contribution in [0.1, 0.15) is 22.8 Å². The lowest BCUT2D eigenvalue weighted by atomic mass is 10.0. The van der Waals surface area contributed by atoms with Gasteiger partial charge in [0.15, 0.2) is 0 Å². The molecule has 2 heteroatoms. The van der Waals surface area contributed by atoms with Crippen LogP contribution in [0.5, 0.6) is 0 Å². The minimum Gasteiger partial charge on any atom is -0.388 e. The van der Waals surface area contributed by atoms with Gasteiger partial charge in [0.05, 0.1) is 6.10 Å². The smallest absolute Gasteiger partial charge is 0.0844 e. The molecule has 17 heavy (non-hydrogen) atoms. The first-order chi connectivity index (χ1) is 8.16. The van der Waals surface area contributed by atoms with Gasteiger partial charge < -0.3 is 5.11 Å². The molecule has 0 bridgehead atoms. The van der Waals surface area contributed by atoms with Crippen LogP contribution in [-0.2, 0) is 6.42 Å². The molecule has 0 spiro atoms. The highest BCUT2D eigenvalue weighted by molar-refractivity contribution is 6.31. The lowest BCUT2D eigenvalue weighted by Gasteiger charge is -2.13. The third kappa shape index (κ3) is 3.09. The average Bonchev–Trinajstić information content (AvgIpc) is 2.29. The third-order valence-corrected chi connectivity index (χ3v) is 3.12. The Labute approximate surface area is 107 Å². The van der Waals surface area contributed by atoms with Crippen molar-refractivity contribution >= 4 is 11.6 Å². The Bertz CT molecular complexity index is 508. The van der Waals surface area contributed by atoms with Gasteiger partial charge in [-0.1, -0.05) is 59.6 Å². The van der Waals surface area contributed by atoms with Crippen LogP contribution in [-0.4, -0.2) is 5.11 Å². The van der Waals surface area contributed by atoms with E-state index in [1.54, 1.807) is 6.07 Å². The quantitative estimate of drug-likeness (QED) is 0.870. The van der Waals surface area contributed by atoms with E-state index in [1.807, 2.05) is 43.3 Å². The van der Waals surface area contributed by atoms with Crippen molar-refractivity contribution in [1.29, 1.82) is 0 Å². The number of aryl methyl sites for hydroxylation is 1. The van der Waals surface area contributed by atoms with Crippen molar-refractivity contribution < 1.29 is 5.11 Å². The number of aliphatic hydroxyl groups is 1. The standard InChI is InChI=1S/C15H15ClO/c1-11-5-4-6-12(9-11)10-15(17)13-7-2-3-8-14(13)16/h2-9,15,17H,10H2,1H3. The maximum Gasteiger partial charge on any atom is 0.0844 e. The predicted octanol–water partition coefficient (Wildman–Crippen LogP) is 3.92. The lowest BCUT2D eigenvalue weighted by molar-refractivity contribution is 0.178. The maximum atomic E-state index is 10.2. The van der Waals surface area contributed by atoms with Gasteiger partial charge in [-0.2, -0.15) is 0 Å². The molecule has 0 amide bonds. The van der Waals surface area contributed by atoms with Gasteiger partial charge in [-0.25, -0.2) is 0 Å². The van der Waals surface area contributed by atoms with E-state index in [1.165, 1.54) is 5.56 Å². The molecular weight excluding hydrogens is 232 g/mol. The van der Waals surface area contributed by atoms with E-state index in [0.717, 1.165) is 11.1 Å². The van der Waals surface area contributed by atoms with E-state index < -0.39 is 6.10 Å². The summed E-state index contributed by atoms with van der Waals surface area (Å²) in [6.45, 7) is 2.05. The largest absolute Gasteiger partial charge is 0.388 e. The summed E-state index contributed by atoms with van der Waals surface area (Å²) in [4.78, 5) is 0. The summed E-state index contributed by atoms with van der Waals surface area (Å²) in [5, 5.41) is 10.8. The van der Waals surface area contributed by atoms with Gasteiger partial charge in [0.1, 0.15) is 0 Å². The Hall–Kier alpha value is -1.31. The highest BCUT2D eigenvalue weighted by Crippen LogP contribution is 2.25. The van der Waals surface area contributed by atoms with E-state index in [0.29, 0.717) is 11.4 Å². The molecular formula is C15H15ClO. The third-order valence-electron chi connectivity index (χ3n) is 2.78. The van der Waals surface area contributed by atoms with Crippen molar-refractivity contribution in [3.8, 4) is 0 Å². The molecule has 0 heterocycles. The van der Waals surface area contributed by atoms with E-state index in [2.05, 4.69) is 6.07 Å². The van der Waals surface area contributed by atoms with E-state index in [9.17, 15) is 5.11 Å². The molecule has 0 radical (unpaired) electrons. The van der Waals surface area contributed by atoms with Crippen molar-refractivity contribution in [2.24, 2.45) is 0 Å². The lowest BCUT2D eigenvalue weighted by Crippen LogP contribution is -2.02. The SMILES string of the molecule is Cc1cccc(CC(O)c2ccccc2Cl)c1. The molecule has 0 fully saturated rings. The first kappa shape index (κ1) is 12.2. The van der Waals surface area contributed by atoms with Crippen LogP contribution in [0.15, 0.2) is 48.5 Å². The Morgan fingerprint density at radius 3 is 2.59 bits per heavy atom. The monoisotopic (exact) mass is 246 g/mol. The van der Waals surface area contributed by atoms with Gasteiger partial charge in [0.2, 0.25) is 0 Å². The summed E-state index contributed by atoms with van der Waals surface area (Å²) in [7, 11) is 0. The van der Waals surface area contributed by atoms with Gasteiger partial charge in [0, 0.05) is 11.4 Å². The molecule has 2 aromatic rings. The zero-order valence-corrected chi connectivity index (χ0v) is 10.5. The Kier molecular flexibility index (Phi) is 3.82. The molecule has 0 aliphatic carbocycles. The molecule has 0 aliphatic rings. The first-order valence-corrected chi connectivity index (χ1v) is 6.02. The van der Waals surface area contributed by atoms with Crippen molar-refractivity contribution in [3.05, 3.63) is 70.2 Å². The summed E-state index contributed by atoms with van der Waals surface area (Å²) < 4.78 is 0. The van der Waals surface area contributed by atoms with Crippen LogP contribution >= 0.6 is 11.6 Å². The van der Waals surface area contributed by atoms with Crippen LogP contribution in [0.25, 0.3) is 0 Å². The minimum absolute atomic E-state index is 0.550. The van der Waals surface area contributed by atoms with Gasteiger partial charge >= 0.3 is 0 Å². The number of hydrogen-bond donors (Lipinski definition) is 1. The second-order valence-electron chi connectivity index (χ2n) is 4.23. The number of aliphatic hydroxyl groups excluding tert-OH is 1. The van der Waals surface area contributed by atoms with Crippen LogP contribution in [0.4, 0.5) is 0 Å². The van der Waals surface area contributed by atoms with Gasteiger partial charge in [-0.15, -0.1) is 0 Å². The van der Waals surface area contributed by atoms with Crippen LogP contribution in [0.3, 0.4) is 0 Å². The molecule has 1 N–H and O–H groups in total. The number of benzene rings is 2. The molecule has 88 valence electrons. The second kappa shape index (κ2) is 5.35. The topological polar surface area (TPSA) is 20.2 Å². The molecule has 1 nitrogen and oxygen atoms in total. The number of rotatable bonds is 3. The van der Waals surface area contributed by atoms with Gasteiger partial charge in [-0.3, -0.25) is 0 Å². The Morgan fingerprint density at radius 1 is 1.12 bits per heavy atom. The highest BCUT2D eigenvalue weighted by Gasteiger charge is 2.11. The summed E-state index contributed by atoms with van der Waals surface area (Å²) in [5.74, 6) is 0. The Morgan fingerprint density at radius 2 is 1.88 bits per heavy atom. The summed E-state index contributed by atoms with van der Waals surface area (Å²) in [6.07, 6.45) is 0.0382. The van der Waals surface area contributed by atoms with Gasteiger partial charge in [-0.05, 0) is 24.1 Å².